The van der Waals surface area contributed by atoms with Crippen molar-refractivity contribution in [1.29, 1.82) is 0 Å². The number of benzene rings is 3. The molecule has 0 amide bonds. The van der Waals surface area contributed by atoms with Gasteiger partial charge in [-0.3, -0.25) is 4.79 Å². The molecule has 5 nitrogen and oxygen atoms in total. The summed E-state index contributed by atoms with van der Waals surface area (Å²) in [5.74, 6) is 1.83. The monoisotopic (exact) mass is 436 g/mol. The molecule has 0 saturated heterocycles. The highest BCUT2D eigenvalue weighted by atomic mass is 35.5. The number of ether oxygens (including phenoxy) is 2. The Bertz CT molecular complexity index is 1290. The summed E-state index contributed by atoms with van der Waals surface area (Å²) >= 11 is 6.08. The number of carbonyl (C=O) groups excluding carboxylic acids is 1. The molecule has 0 atom stereocenters. The van der Waals surface area contributed by atoms with Crippen LogP contribution in [0.15, 0.2) is 42.5 Å². The quantitative estimate of drug-likeness (QED) is 0.230. The Hall–Kier alpha value is -3.18. The van der Waals surface area contributed by atoms with E-state index in [4.69, 9.17) is 26.8 Å². The van der Waals surface area contributed by atoms with Gasteiger partial charge in [0.05, 0.1) is 25.4 Å². The molecule has 0 spiro atoms. The highest BCUT2D eigenvalue weighted by Gasteiger charge is 2.19. The minimum atomic E-state index is -0.0274. The molecule has 1 aromatic heterocycles. The number of hydrogen-bond acceptors (Lipinski definition) is 4. The summed E-state index contributed by atoms with van der Waals surface area (Å²) < 4.78 is 11.0. The van der Waals surface area contributed by atoms with E-state index < -0.39 is 0 Å². The van der Waals surface area contributed by atoms with Gasteiger partial charge in [-0.2, -0.15) is 0 Å². The number of nitrogens with one attached hydrogen (secondary N) is 1. The van der Waals surface area contributed by atoms with E-state index in [0.717, 1.165) is 38.4 Å². The Kier molecular flexibility index (Phi) is 5.79. The smallest absolute Gasteiger partial charge is 0.183 e. The van der Waals surface area contributed by atoms with Gasteiger partial charge >= 0.3 is 0 Å². The van der Waals surface area contributed by atoms with Crippen LogP contribution in [0.4, 0.5) is 5.69 Å². The second-order valence-electron chi connectivity index (χ2n) is 7.57. The molecule has 3 aromatic carbocycles. The van der Waals surface area contributed by atoms with Crippen molar-refractivity contribution >= 4 is 44.7 Å². The van der Waals surface area contributed by atoms with Crippen LogP contribution in [0, 0.1) is 6.92 Å². The standard InChI is InChI=1S/C25H25ClN2O3/c1-14-23(30-2)13-16-11-21(28-24(16)25(14)31-3)22(29)12-15-10-20(27)19-7-5-4-6-18(19)17(15)8-9-26/h4-7,10-11,13,28H,8-9,12,27H2,1-3H3. The molecule has 0 saturated carbocycles. The van der Waals surface area contributed by atoms with E-state index >= 15 is 0 Å². The summed E-state index contributed by atoms with van der Waals surface area (Å²) in [4.78, 5) is 16.5. The lowest BCUT2D eigenvalue weighted by molar-refractivity contribution is 0.0989. The number of carbonyl (C=O) groups is 1. The van der Waals surface area contributed by atoms with E-state index in [2.05, 4.69) is 4.98 Å². The molecule has 0 aliphatic carbocycles. The minimum Gasteiger partial charge on any atom is -0.496 e. The first-order valence-electron chi connectivity index (χ1n) is 10.1. The van der Waals surface area contributed by atoms with E-state index in [1.54, 1.807) is 14.2 Å². The van der Waals surface area contributed by atoms with Gasteiger partial charge in [-0.25, -0.2) is 0 Å². The number of methoxy groups -OCH3 is 2. The minimum absolute atomic E-state index is 0.0274. The van der Waals surface area contributed by atoms with Crippen molar-refractivity contribution in [2.45, 2.75) is 19.8 Å². The number of H-pyrrole nitrogens is 1. The first-order valence-corrected chi connectivity index (χ1v) is 10.6. The first kappa shape index (κ1) is 21.1. The van der Waals surface area contributed by atoms with E-state index in [-0.39, 0.29) is 12.2 Å². The summed E-state index contributed by atoms with van der Waals surface area (Å²) in [5, 5.41) is 2.89. The summed E-state index contributed by atoms with van der Waals surface area (Å²) in [6.07, 6.45) is 0.897. The van der Waals surface area contributed by atoms with Gasteiger partial charge in [-0.15, -0.1) is 11.6 Å². The fourth-order valence-electron chi connectivity index (χ4n) is 4.28. The van der Waals surface area contributed by atoms with Gasteiger partial charge in [0.15, 0.2) is 5.78 Å². The summed E-state index contributed by atoms with van der Waals surface area (Å²) in [6.45, 7) is 1.93. The lowest BCUT2D eigenvalue weighted by Crippen LogP contribution is -2.08. The Morgan fingerprint density at radius 3 is 2.52 bits per heavy atom. The molecule has 4 aromatic rings. The molecule has 0 aliphatic heterocycles. The van der Waals surface area contributed by atoms with Crippen molar-refractivity contribution in [1.82, 2.24) is 4.98 Å². The number of hydrogen-bond donors (Lipinski definition) is 2. The lowest BCUT2D eigenvalue weighted by atomic mass is 9.92. The number of aromatic amines is 1. The summed E-state index contributed by atoms with van der Waals surface area (Å²) in [6, 6.07) is 13.6. The number of aryl methyl sites for hydroxylation is 1. The number of alkyl halides is 1. The maximum atomic E-state index is 13.2. The van der Waals surface area contributed by atoms with Crippen molar-refractivity contribution in [2.24, 2.45) is 0 Å². The van der Waals surface area contributed by atoms with Crippen LogP contribution in [0.2, 0.25) is 0 Å². The maximum Gasteiger partial charge on any atom is 0.183 e. The fourth-order valence-corrected chi connectivity index (χ4v) is 4.47. The molecule has 0 radical (unpaired) electrons. The number of nitrogens with two attached hydrogens (primary N) is 1. The molecule has 1 heterocycles. The maximum absolute atomic E-state index is 13.2. The zero-order valence-corrected chi connectivity index (χ0v) is 18.6. The van der Waals surface area contributed by atoms with Crippen molar-refractivity contribution in [3.8, 4) is 11.5 Å². The van der Waals surface area contributed by atoms with E-state index in [1.165, 1.54) is 0 Å². The number of anilines is 1. The Labute approximate surface area is 186 Å². The molecule has 0 unspecified atom stereocenters. The topological polar surface area (TPSA) is 77.3 Å². The number of nitrogen functional groups attached to an aromatic ring is 1. The summed E-state index contributed by atoms with van der Waals surface area (Å²) in [7, 11) is 3.23. The van der Waals surface area contributed by atoms with Crippen molar-refractivity contribution in [3.05, 3.63) is 64.8 Å². The van der Waals surface area contributed by atoms with E-state index in [9.17, 15) is 4.79 Å². The second-order valence-corrected chi connectivity index (χ2v) is 7.95. The second kappa shape index (κ2) is 8.52. The SMILES string of the molecule is COc1cc2cc(C(=O)Cc3cc(N)c4ccccc4c3CCCl)[nH]c2c(OC)c1C. The molecule has 0 aliphatic rings. The molecule has 0 fully saturated rings. The lowest BCUT2D eigenvalue weighted by Gasteiger charge is -2.14. The van der Waals surface area contributed by atoms with Crippen LogP contribution >= 0.6 is 11.6 Å². The molecule has 160 valence electrons. The van der Waals surface area contributed by atoms with Crippen LogP contribution < -0.4 is 15.2 Å². The average Bonchev–Trinajstić information content (AvgIpc) is 3.20. The molecule has 0 bridgehead atoms. The Morgan fingerprint density at radius 1 is 1.10 bits per heavy atom. The number of rotatable bonds is 7. The number of aromatic nitrogens is 1. The highest BCUT2D eigenvalue weighted by Crippen LogP contribution is 2.36. The van der Waals surface area contributed by atoms with Crippen LogP contribution in [0.25, 0.3) is 21.7 Å². The third kappa shape index (κ3) is 3.70. The molecule has 31 heavy (non-hydrogen) atoms. The number of fused-ring (bicyclic) bond motifs is 2. The van der Waals surface area contributed by atoms with Gasteiger partial charge < -0.3 is 20.2 Å². The van der Waals surface area contributed by atoms with Crippen LogP contribution in [-0.2, 0) is 12.8 Å². The van der Waals surface area contributed by atoms with Crippen LogP contribution in [0.5, 0.6) is 11.5 Å². The van der Waals surface area contributed by atoms with Gasteiger partial charge in [0.1, 0.15) is 11.5 Å². The van der Waals surface area contributed by atoms with E-state index in [0.29, 0.717) is 35.2 Å². The largest absolute Gasteiger partial charge is 0.496 e. The van der Waals surface area contributed by atoms with Gasteiger partial charge in [0.25, 0.3) is 0 Å². The first-order chi connectivity index (χ1) is 15.0. The third-order valence-electron chi connectivity index (χ3n) is 5.77. The predicted octanol–water partition coefficient (Wildman–Crippen LogP) is 5.44. The Morgan fingerprint density at radius 2 is 1.84 bits per heavy atom. The molecular formula is C25H25ClN2O3. The van der Waals surface area contributed by atoms with Gasteiger partial charge in [0.2, 0.25) is 0 Å². The highest BCUT2D eigenvalue weighted by molar-refractivity contribution is 6.18. The number of halogens is 1. The fraction of sp³-hybridized carbons (Fsp3) is 0.240. The van der Waals surface area contributed by atoms with Crippen LogP contribution in [-0.4, -0.2) is 30.9 Å². The van der Waals surface area contributed by atoms with Crippen LogP contribution in [0.1, 0.15) is 27.2 Å². The Balaban J connectivity index is 1.77. The van der Waals surface area contributed by atoms with Gasteiger partial charge in [-0.05, 0) is 48.1 Å². The molecule has 6 heteroatoms. The zero-order chi connectivity index (χ0) is 22.1. The van der Waals surface area contributed by atoms with E-state index in [1.807, 2.05) is 49.4 Å². The summed E-state index contributed by atoms with van der Waals surface area (Å²) in [5.41, 5.74) is 11.1. The zero-order valence-electron chi connectivity index (χ0n) is 17.8. The third-order valence-corrected chi connectivity index (χ3v) is 5.96. The predicted molar refractivity (Wildman–Crippen MR) is 127 cm³/mol. The van der Waals surface area contributed by atoms with Gasteiger partial charge in [0, 0.05) is 34.3 Å². The normalized spacial score (nSPS) is 11.2. The van der Waals surface area contributed by atoms with Gasteiger partial charge in [-0.1, -0.05) is 24.3 Å². The van der Waals surface area contributed by atoms with Crippen molar-refractivity contribution in [3.63, 3.8) is 0 Å². The van der Waals surface area contributed by atoms with Crippen molar-refractivity contribution < 1.29 is 14.3 Å². The van der Waals surface area contributed by atoms with Crippen LogP contribution in [0.3, 0.4) is 0 Å². The average molecular weight is 437 g/mol. The molecule has 3 N–H and O–H groups in total. The molecule has 4 rings (SSSR count). The molecular weight excluding hydrogens is 412 g/mol. The number of Topliss-reactive ketones (excluding diaryl/α,β-unsaturated/α-hetero) is 1. The van der Waals surface area contributed by atoms with Crippen molar-refractivity contribution in [2.75, 3.05) is 25.8 Å². The number of ketones is 1.